The van der Waals surface area contributed by atoms with E-state index in [1.165, 1.54) is 0 Å². The summed E-state index contributed by atoms with van der Waals surface area (Å²) in [6.07, 6.45) is 0. The van der Waals surface area contributed by atoms with E-state index in [9.17, 15) is 0 Å². The summed E-state index contributed by atoms with van der Waals surface area (Å²) in [5, 5.41) is 11.3. The fraction of sp³-hybridized carbons (Fsp3) is 0.667. The third-order valence-electron chi connectivity index (χ3n) is 2.50. The third-order valence-corrected chi connectivity index (χ3v) is 2.77. The number of nitrogen functional groups attached to an aromatic ring is 1. The Hall–Kier alpha value is -1.14. The van der Waals surface area contributed by atoms with Crippen molar-refractivity contribution in [3.63, 3.8) is 0 Å². The van der Waals surface area contributed by atoms with E-state index in [0.717, 1.165) is 13.1 Å². The number of rotatable bonds is 1. The first kappa shape index (κ1) is 11.3. The Morgan fingerprint density at radius 2 is 1.94 bits per heavy atom. The zero-order valence-corrected chi connectivity index (χ0v) is 10.1. The van der Waals surface area contributed by atoms with Crippen LogP contribution in [0.25, 0.3) is 0 Å². The minimum Gasteiger partial charge on any atom is -0.381 e. The van der Waals surface area contributed by atoms with Gasteiger partial charge in [0.05, 0.1) is 0 Å². The number of aromatic nitrogens is 3. The Morgan fingerprint density at radius 1 is 1.31 bits per heavy atom. The van der Waals surface area contributed by atoms with Crippen LogP contribution in [0.4, 0.5) is 11.8 Å². The van der Waals surface area contributed by atoms with Gasteiger partial charge >= 0.3 is 0 Å². The first-order chi connectivity index (χ1) is 7.56. The van der Waals surface area contributed by atoms with Crippen LogP contribution in [0.15, 0.2) is 0 Å². The van der Waals surface area contributed by atoms with Crippen LogP contribution in [0.3, 0.4) is 0 Å². The van der Waals surface area contributed by atoms with Crippen LogP contribution in [-0.2, 0) is 0 Å². The molecule has 0 saturated carbocycles. The van der Waals surface area contributed by atoms with Gasteiger partial charge in [-0.25, -0.2) is 0 Å². The van der Waals surface area contributed by atoms with E-state index in [1.54, 1.807) is 0 Å². The molecular formula is C9H15ClN6. The van der Waals surface area contributed by atoms with Gasteiger partial charge in [-0.3, -0.25) is 0 Å². The van der Waals surface area contributed by atoms with Gasteiger partial charge < -0.3 is 16.0 Å². The first-order valence-corrected chi connectivity index (χ1v) is 5.60. The fourth-order valence-corrected chi connectivity index (χ4v) is 2.02. The van der Waals surface area contributed by atoms with Gasteiger partial charge in [-0.1, -0.05) is 11.6 Å². The van der Waals surface area contributed by atoms with Gasteiger partial charge in [0.25, 0.3) is 0 Å². The van der Waals surface area contributed by atoms with E-state index < -0.39 is 0 Å². The van der Waals surface area contributed by atoms with Gasteiger partial charge in [-0.15, -0.1) is 10.2 Å². The van der Waals surface area contributed by atoms with Crippen molar-refractivity contribution in [3.8, 4) is 0 Å². The average molecular weight is 243 g/mol. The molecule has 6 nitrogen and oxygen atoms in total. The van der Waals surface area contributed by atoms with Gasteiger partial charge in [0, 0.05) is 25.2 Å². The van der Waals surface area contributed by atoms with Crippen molar-refractivity contribution in [1.29, 1.82) is 0 Å². The summed E-state index contributed by atoms with van der Waals surface area (Å²) in [6.45, 7) is 5.92. The standard InChI is InChI=1S/C9H15ClN6/c1-5-3-16(4-6(2)12-5)9-13-8(11)7(10)14-15-9/h5-6,12H,3-4H2,1-2H3,(H2,11,13,15)/t5-,6+. The second-order valence-corrected chi connectivity index (χ2v) is 4.52. The number of nitrogens with zero attached hydrogens (tertiary/aromatic N) is 4. The summed E-state index contributed by atoms with van der Waals surface area (Å²) in [5.74, 6) is 0.771. The highest BCUT2D eigenvalue weighted by Crippen LogP contribution is 2.17. The lowest BCUT2D eigenvalue weighted by Gasteiger charge is -2.35. The maximum atomic E-state index is 5.68. The number of nitrogens with one attached hydrogen (secondary N) is 1. The first-order valence-electron chi connectivity index (χ1n) is 5.23. The normalized spacial score (nSPS) is 25.8. The van der Waals surface area contributed by atoms with Crippen LogP contribution in [0.2, 0.25) is 5.15 Å². The van der Waals surface area contributed by atoms with Crippen LogP contribution < -0.4 is 16.0 Å². The van der Waals surface area contributed by atoms with Gasteiger partial charge in [0.1, 0.15) is 0 Å². The Bertz CT molecular complexity index is 374. The maximum absolute atomic E-state index is 5.68. The fourth-order valence-electron chi connectivity index (χ4n) is 1.94. The Balaban J connectivity index is 2.19. The molecule has 3 N–H and O–H groups in total. The van der Waals surface area contributed by atoms with Crippen LogP contribution >= 0.6 is 11.6 Å². The lowest BCUT2D eigenvalue weighted by Crippen LogP contribution is -2.54. The molecule has 0 amide bonds. The van der Waals surface area contributed by atoms with Crippen LogP contribution in [0.1, 0.15) is 13.8 Å². The monoisotopic (exact) mass is 242 g/mol. The highest BCUT2D eigenvalue weighted by Gasteiger charge is 2.23. The quantitative estimate of drug-likeness (QED) is 0.737. The molecule has 2 atom stereocenters. The van der Waals surface area contributed by atoms with E-state index in [2.05, 4.69) is 39.2 Å². The van der Waals surface area contributed by atoms with Crippen molar-refractivity contribution in [3.05, 3.63) is 5.15 Å². The SMILES string of the molecule is C[C@@H]1CN(c2nnc(Cl)c(N)n2)C[C@H](C)N1. The number of halogens is 1. The molecule has 1 aromatic rings. The minimum atomic E-state index is 0.153. The van der Waals surface area contributed by atoms with Crippen molar-refractivity contribution in [2.24, 2.45) is 0 Å². The lowest BCUT2D eigenvalue weighted by molar-refractivity contribution is 0.402. The second-order valence-electron chi connectivity index (χ2n) is 4.16. The van der Waals surface area contributed by atoms with Gasteiger partial charge in [-0.2, -0.15) is 4.98 Å². The summed E-state index contributed by atoms with van der Waals surface area (Å²) in [6, 6.07) is 0.786. The Morgan fingerprint density at radius 3 is 2.50 bits per heavy atom. The molecule has 2 rings (SSSR count). The number of piperazine rings is 1. The zero-order chi connectivity index (χ0) is 11.7. The second kappa shape index (κ2) is 4.39. The predicted octanol–water partition coefficient (Wildman–Crippen LogP) is 0.294. The van der Waals surface area contributed by atoms with Crippen LogP contribution in [0.5, 0.6) is 0 Å². The van der Waals surface area contributed by atoms with E-state index >= 15 is 0 Å². The molecule has 0 aromatic carbocycles. The lowest BCUT2D eigenvalue weighted by atomic mass is 10.1. The van der Waals surface area contributed by atoms with E-state index in [-0.39, 0.29) is 11.0 Å². The van der Waals surface area contributed by atoms with E-state index in [1.807, 2.05) is 0 Å². The number of hydrogen-bond acceptors (Lipinski definition) is 6. The highest BCUT2D eigenvalue weighted by atomic mass is 35.5. The molecule has 0 spiro atoms. The van der Waals surface area contributed by atoms with Crippen molar-refractivity contribution in [2.75, 3.05) is 23.7 Å². The largest absolute Gasteiger partial charge is 0.381 e. The van der Waals surface area contributed by atoms with E-state index in [4.69, 9.17) is 17.3 Å². The molecule has 1 fully saturated rings. The molecule has 1 aliphatic rings. The summed E-state index contributed by atoms with van der Waals surface area (Å²) in [7, 11) is 0. The van der Waals surface area contributed by atoms with Crippen molar-refractivity contribution >= 4 is 23.4 Å². The molecular weight excluding hydrogens is 228 g/mol. The van der Waals surface area contributed by atoms with Crippen LogP contribution in [0, 0.1) is 0 Å². The summed E-state index contributed by atoms with van der Waals surface area (Å²) >= 11 is 5.68. The van der Waals surface area contributed by atoms with Crippen molar-refractivity contribution in [1.82, 2.24) is 20.5 Å². The Labute approximate surface area is 99.2 Å². The molecule has 2 heterocycles. The van der Waals surface area contributed by atoms with E-state index in [0.29, 0.717) is 18.0 Å². The number of anilines is 2. The predicted molar refractivity (Wildman–Crippen MR) is 63.5 cm³/mol. The van der Waals surface area contributed by atoms with Crippen LogP contribution in [-0.4, -0.2) is 40.4 Å². The molecule has 0 radical (unpaired) electrons. The molecule has 0 bridgehead atoms. The molecule has 0 aliphatic carbocycles. The van der Waals surface area contributed by atoms with Crippen molar-refractivity contribution in [2.45, 2.75) is 25.9 Å². The average Bonchev–Trinajstić information content (AvgIpc) is 2.20. The molecule has 1 saturated heterocycles. The maximum Gasteiger partial charge on any atom is 0.247 e. The number of hydrogen-bond donors (Lipinski definition) is 2. The summed E-state index contributed by atoms with van der Waals surface area (Å²) in [5.41, 5.74) is 5.61. The molecule has 7 heteroatoms. The summed E-state index contributed by atoms with van der Waals surface area (Å²) in [4.78, 5) is 6.20. The number of nitrogens with two attached hydrogens (primary N) is 1. The topological polar surface area (TPSA) is 80.0 Å². The third kappa shape index (κ3) is 2.33. The summed E-state index contributed by atoms with van der Waals surface area (Å²) < 4.78 is 0. The van der Waals surface area contributed by atoms with Gasteiger partial charge in [-0.05, 0) is 13.8 Å². The molecule has 1 aliphatic heterocycles. The minimum absolute atomic E-state index is 0.153. The highest BCUT2D eigenvalue weighted by molar-refractivity contribution is 6.31. The van der Waals surface area contributed by atoms with Gasteiger partial charge in [0.2, 0.25) is 5.95 Å². The molecule has 16 heavy (non-hydrogen) atoms. The molecule has 88 valence electrons. The zero-order valence-electron chi connectivity index (χ0n) is 9.31. The smallest absolute Gasteiger partial charge is 0.247 e. The Kier molecular flexibility index (Phi) is 3.11. The molecule has 0 unspecified atom stereocenters. The molecule has 1 aromatic heterocycles. The van der Waals surface area contributed by atoms with Crippen molar-refractivity contribution < 1.29 is 0 Å². The van der Waals surface area contributed by atoms with Gasteiger partial charge in [0.15, 0.2) is 11.0 Å².